The van der Waals surface area contributed by atoms with Crippen molar-refractivity contribution in [3.05, 3.63) is 15.9 Å². The van der Waals surface area contributed by atoms with E-state index in [1.54, 1.807) is 0 Å². The van der Waals surface area contributed by atoms with Gasteiger partial charge in [0.25, 0.3) is 0 Å². The number of nitrogens with one attached hydrogen (secondary N) is 1. The predicted octanol–water partition coefficient (Wildman–Crippen LogP) is 1.70. The molecule has 0 saturated heterocycles. The SMILES string of the molecule is Cc1c(C)n(C)[nH]c1=S. The molecular formula is C6H10N2S. The summed E-state index contributed by atoms with van der Waals surface area (Å²) in [4.78, 5) is 0. The van der Waals surface area contributed by atoms with Gasteiger partial charge in [0.15, 0.2) is 0 Å². The van der Waals surface area contributed by atoms with Crippen LogP contribution in [0.2, 0.25) is 0 Å². The summed E-state index contributed by atoms with van der Waals surface area (Å²) < 4.78 is 2.77. The summed E-state index contributed by atoms with van der Waals surface area (Å²) in [6, 6.07) is 0. The highest BCUT2D eigenvalue weighted by Gasteiger charge is 1.97. The second-order valence-corrected chi connectivity index (χ2v) is 2.62. The number of H-pyrrole nitrogens is 1. The highest BCUT2D eigenvalue weighted by atomic mass is 32.1. The van der Waals surface area contributed by atoms with Gasteiger partial charge in [-0.1, -0.05) is 12.2 Å². The molecule has 0 saturated carbocycles. The Hall–Kier alpha value is -0.570. The maximum atomic E-state index is 4.99. The standard InChI is InChI=1S/C6H10N2S/c1-4-5(2)8(3)7-6(4)9/h1-3H3,(H,7,9). The summed E-state index contributed by atoms with van der Waals surface area (Å²) in [6.45, 7) is 4.07. The summed E-state index contributed by atoms with van der Waals surface area (Å²) in [6.07, 6.45) is 0. The van der Waals surface area contributed by atoms with Crippen molar-refractivity contribution in [2.45, 2.75) is 13.8 Å². The Morgan fingerprint density at radius 3 is 2.11 bits per heavy atom. The normalized spacial score (nSPS) is 10.1. The zero-order valence-electron chi connectivity index (χ0n) is 5.86. The highest BCUT2D eigenvalue weighted by Crippen LogP contribution is 2.04. The first-order valence-electron chi connectivity index (χ1n) is 2.85. The van der Waals surface area contributed by atoms with Crippen molar-refractivity contribution >= 4 is 12.2 Å². The molecule has 0 spiro atoms. The van der Waals surface area contributed by atoms with E-state index in [1.807, 2.05) is 25.6 Å². The van der Waals surface area contributed by atoms with Gasteiger partial charge in [0.05, 0.1) is 0 Å². The lowest BCUT2D eigenvalue weighted by molar-refractivity contribution is 0.736. The first-order chi connectivity index (χ1) is 4.13. The largest absolute Gasteiger partial charge is 0.294 e. The third-order valence-corrected chi connectivity index (χ3v) is 2.05. The lowest BCUT2D eigenvalue weighted by Gasteiger charge is -1.92. The molecule has 2 nitrogen and oxygen atoms in total. The summed E-state index contributed by atoms with van der Waals surface area (Å²) >= 11 is 4.99. The van der Waals surface area contributed by atoms with Gasteiger partial charge in [0.2, 0.25) is 0 Å². The zero-order valence-corrected chi connectivity index (χ0v) is 6.67. The van der Waals surface area contributed by atoms with Crippen LogP contribution in [0.1, 0.15) is 11.3 Å². The van der Waals surface area contributed by atoms with Gasteiger partial charge in [-0.2, -0.15) is 0 Å². The van der Waals surface area contributed by atoms with E-state index < -0.39 is 0 Å². The number of hydrogen-bond donors (Lipinski definition) is 1. The van der Waals surface area contributed by atoms with Crippen molar-refractivity contribution in [1.29, 1.82) is 0 Å². The fraction of sp³-hybridized carbons (Fsp3) is 0.500. The quantitative estimate of drug-likeness (QED) is 0.547. The second-order valence-electron chi connectivity index (χ2n) is 2.21. The summed E-state index contributed by atoms with van der Waals surface area (Å²) in [5, 5.41) is 3.01. The van der Waals surface area contributed by atoms with E-state index >= 15 is 0 Å². The number of aryl methyl sites for hydroxylation is 1. The maximum absolute atomic E-state index is 4.99. The van der Waals surface area contributed by atoms with Crippen molar-refractivity contribution in [3.63, 3.8) is 0 Å². The Bertz CT molecular complexity index is 269. The molecule has 0 unspecified atom stereocenters. The molecule has 50 valence electrons. The Morgan fingerprint density at radius 2 is 2.00 bits per heavy atom. The van der Waals surface area contributed by atoms with Crippen molar-refractivity contribution in [3.8, 4) is 0 Å². The number of hydrogen-bond acceptors (Lipinski definition) is 1. The number of nitrogens with zero attached hydrogens (tertiary/aromatic N) is 1. The summed E-state index contributed by atoms with van der Waals surface area (Å²) in [7, 11) is 1.96. The minimum Gasteiger partial charge on any atom is -0.294 e. The van der Waals surface area contributed by atoms with Crippen LogP contribution in [0.4, 0.5) is 0 Å². The molecule has 0 aliphatic rings. The van der Waals surface area contributed by atoms with Gasteiger partial charge in [-0.15, -0.1) is 0 Å². The van der Waals surface area contributed by atoms with Crippen LogP contribution in [0.5, 0.6) is 0 Å². The minimum absolute atomic E-state index is 0.843. The van der Waals surface area contributed by atoms with Crippen LogP contribution in [0, 0.1) is 18.5 Å². The Kier molecular flexibility index (Phi) is 1.45. The van der Waals surface area contributed by atoms with Crippen LogP contribution < -0.4 is 0 Å². The molecule has 1 rings (SSSR count). The number of aromatic amines is 1. The summed E-state index contributed by atoms with van der Waals surface area (Å²) in [5.74, 6) is 0. The van der Waals surface area contributed by atoms with Crippen LogP contribution in [-0.2, 0) is 7.05 Å². The van der Waals surface area contributed by atoms with Gasteiger partial charge in [0, 0.05) is 18.3 Å². The van der Waals surface area contributed by atoms with Crippen LogP contribution in [0.15, 0.2) is 0 Å². The number of aromatic nitrogens is 2. The van der Waals surface area contributed by atoms with E-state index in [0.717, 1.165) is 4.64 Å². The Morgan fingerprint density at radius 1 is 1.44 bits per heavy atom. The van der Waals surface area contributed by atoms with Crippen LogP contribution in [0.3, 0.4) is 0 Å². The van der Waals surface area contributed by atoms with Gasteiger partial charge in [-0.3, -0.25) is 9.78 Å². The lowest BCUT2D eigenvalue weighted by Crippen LogP contribution is -1.91. The third kappa shape index (κ3) is 0.920. The first-order valence-corrected chi connectivity index (χ1v) is 3.26. The van der Waals surface area contributed by atoms with E-state index in [2.05, 4.69) is 5.10 Å². The molecule has 0 bridgehead atoms. The molecule has 0 radical (unpaired) electrons. The highest BCUT2D eigenvalue weighted by molar-refractivity contribution is 7.71. The molecule has 0 atom stereocenters. The predicted molar refractivity (Wildman–Crippen MR) is 40.1 cm³/mol. The van der Waals surface area contributed by atoms with Crippen molar-refractivity contribution in [2.24, 2.45) is 7.05 Å². The maximum Gasteiger partial charge on any atom is 0.122 e. The van der Waals surface area contributed by atoms with E-state index in [1.165, 1.54) is 11.3 Å². The smallest absolute Gasteiger partial charge is 0.122 e. The Balaban J connectivity index is 3.47. The van der Waals surface area contributed by atoms with Gasteiger partial charge in [-0.25, -0.2) is 0 Å². The van der Waals surface area contributed by atoms with E-state index in [0.29, 0.717) is 0 Å². The molecule has 9 heavy (non-hydrogen) atoms. The van der Waals surface area contributed by atoms with Crippen LogP contribution >= 0.6 is 12.2 Å². The average Bonchev–Trinajstić information content (AvgIpc) is 1.98. The molecule has 3 heteroatoms. The molecule has 0 fully saturated rings. The molecular weight excluding hydrogens is 132 g/mol. The molecule has 1 aromatic rings. The van der Waals surface area contributed by atoms with Gasteiger partial charge < -0.3 is 0 Å². The molecule has 0 aliphatic carbocycles. The molecule has 0 amide bonds. The van der Waals surface area contributed by atoms with Gasteiger partial charge in [0.1, 0.15) is 4.64 Å². The molecule has 1 N–H and O–H groups in total. The van der Waals surface area contributed by atoms with Gasteiger partial charge >= 0.3 is 0 Å². The molecule has 0 aromatic carbocycles. The zero-order chi connectivity index (χ0) is 7.02. The van der Waals surface area contributed by atoms with Crippen molar-refractivity contribution in [2.75, 3.05) is 0 Å². The fourth-order valence-electron chi connectivity index (χ4n) is 0.736. The van der Waals surface area contributed by atoms with E-state index in [9.17, 15) is 0 Å². The molecule has 0 aliphatic heterocycles. The third-order valence-electron chi connectivity index (χ3n) is 1.66. The summed E-state index contributed by atoms with van der Waals surface area (Å²) in [5.41, 5.74) is 2.38. The average molecular weight is 142 g/mol. The number of rotatable bonds is 0. The van der Waals surface area contributed by atoms with E-state index in [-0.39, 0.29) is 0 Å². The first kappa shape index (κ1) is 6.55. The van der Waals surface area contributed by atoms with E-state index in [4.69, 9.17) is 12.2 Å². The van der Waals surface area contributed by atoms with Gasteiger partial charge in [-0.05, 0) is 13.8 Å². The van der Waals surface area contributed by atoms with Crippen molar-refractivity contribution in [1.82, 2.24) is 9.78 Å². The van der Waals surface area contributed by atoms with Crippen LogP contribution in [0.25, 0.3) is 0 Å². The lowest BCUT2D eigenvalue weighted by atomic mass is 10.3. The Labute approximate surface area is 59.5 Å². The second kappa shape index (κ2) is 1.99. The fourth-order valence-corrected chi connectivity index (χ4v) is 1.02. The minimum atomic E-state index is 0.843. The molecule has 1 aromatic heterocycles. The monoisotopic (exact) mass is 142 g/mol. The van der Waals surface area contributed by atoms with Crippen molar-refractivity contribution < 1.29 is 0 Å². The molecule has 1 heterocycles. The topological polar surface area (TPSA) is 20.7 Å². The van der Waals surface area contributed by atoms with Crippen LogP contribution in [-0.4, -0.2) is 9.78 Å².